The molecule has 0 saturated heterocycles. The maximum absolute atomic E-state index is 12.0. The fourth-order valence-electron chi connectivity index (χ4n) is 2.43. The molecule has 1 N–H and O–H groups in total. The van der Waals surface area contributed by atoms with Crippen LogP contribution < -0.4 is 10.4 Å². The van der Waals surface area contributed by atoms with E-state index in [0.29, 0.717) is 18.4 Å². The summed E-state index contributed by atoms with van der Waals surface area (Å²) < 4.78 is 0. The molecule has 1 aliphatic rings. The highest BCUT2D eigenvalue weighted by Crippen LogP contribution is 2.24. The van der Waals surface area contributed by atoms with Gasteiger partial charge in [0, 0.05) is 23.5 Å². The smallest absolute Gasteiger partial charge is 0.251 e. The van der Waals surface area contributed by atoms with Crippen molar-refractivity contribution in [2.75, 3.05) is 0 Å². The lowest BCUT2D eigenvalue weighted by Gasteiger charge is -2.32. The molecule has 1 fully saturated rings. The second-order valence-electron chi connectivity index (χ2n) is 4.66. The number of amides is 1. The standard InChI is InChI=1S/C14H17NO3/c16-13(10-6-2-1-3-7-10)15-12-9-5-4-8-11(12)14(17)18/h1-3,6-7,11-12H,4-5,8-9H2,(H,15,16)(H,17,18)/p-1/t11-,12-/m0/s1. The number of carboxylic acid groups (broad SMARTS) is 1. The third kappa shape index (κ3) is 2.88. The van der Waals surface area contributed by atoms with Gasteiger partial charge < -0.3 is 15.2 Å². The lowest BCUT2D eigenvalue weighted by molar-refractivity contribution is -0.313. The number of carbonyl (C=O) groups is 2. The first-order valence-corrected chi connectivity index (χ1v) is 6.25. The van der Waals surface area contributed by atoms with Crippen LogP contribution in [0.5, 0.6) is 0 Å². The Hall–Kier alpha value is -1.84. The lowest BCUT2D eigenvalue weighted by atomic mass is 9.84. The number of nitrogens with one attached hydrogen (secondary N) is 1. The van der Waals surface area contributed by atoms with E-state index in [0.717, 1.165) is 12.8 Å². The molecule has 1 aliphatic carbocycles. The molecule has 1 aromatic rings. The normalized spacial score (nSPS) is 23.3. The number of rotatable bonds is 3. The SMILES string of the molecule is O=C(N[C@H]1CCCC[C@@H]1C(=O)[O-])c1ccccc1. The summed E-state index contributed by atoms with van der Waals surface area (Å²) in [6, 6.07) is 8.52. The highest BCUT2D eigenvalue weighted by atomic mass is 16.4. The molecule has 0 unspecified atom stereocenters. The summed E-state index contributed by atoms with van der Waals surface area (Å²) >= 11 is 0. The molecule has 4 heteroatoms. The van der Waals surface area contributed by atoms with Crippen LogP contribution in [0.4, 0.5) is 0 Å². The maximum atomic E-state index is 12.0. The van der Waals surface area contributed by atoms with Crippen molar-refractivity contribution >= 4 is 11.9 Å². The predicted octanol–water partition coefficient (Wildman–Crippen LogP) is 0.725. The first kappa shape index (κ1) is 12.6. The molecule has 0 aromatic heterocycles. The number of aliphatic carboxylic acids is 1. The second kappa shape index (κ2) is 5.67. The van der Waals surface area contributed by atoms with Gasteiger partial charge >= 0.3 is 0 Å². The van der Waals surface area contributed by atoms with E-state index in [2.05, 4.69) is 5.32 Å². The van der Waals surface area contributed by atoms with Crippen molar-refractivity contribution < 1.29 is 14.7 Å². The van der Waals surface area contributed by atoms with Crippen LogP contribution in [0.2, 0.25) is 0 Å². The van der Waals surface area contributed by atoms with Gasteiger partial charge in [-0.15, -0.1) is 0 Å². The number of hydrogen-bond acceptors (Lipinski definition) is 3. The molecule has 1 amide bonds. The van der Waals surface area contributed by atoms with Gasteiger partial charge in [0.1, 0.15) is 0 Å². The molecule has 0 spiro atoms. The highest BCUT2D eigenvalue weighted by molar-refractivity contribution is 5.94. The number of carbonyl (C=O) groups excluding carboxylic acids is 2. The zero-order valence-corrected chi connectivity index (χ0v) is 10.1. The fourth-order valence-corrected chi connectivity index (χ4v) is 2.43. The van der Waals surface area contributed by atoms with Crippen LogP contribution in [-0.2, 0) is 4.79 Å². The average Bonchev–Trinajstić information content (AvgIpc) is 2.40. The summed E-state index contributed by atoms with van der Waals surface area (Å²) in [5, 5.41) is 13.8. The Kier molecular flexibility index (Phi) is 3.97. The van der Waals surface area contributed by atoms with Crippen LogP contribution in [-0.4, -0.2) is 17.9 Å². The van der Waals surface area contributed by atoms with E-state index in [-0.39, 0.29) is 11.9 Å². The van der Waals surface area contributed by atoms with Crippen molar-refractivity contribution in [1.82, 2.24) is 5.32 Å². The molecule has 1 aromatic carbocycles. The lowest BCUT2D eigenvalue weighted by Crippen LogP contribution is -2.49. The molecule has 2 rings (SSSR count). The Morgan fingerprint density at radius 1 is 1.11 bits per heavy atom. The van der Waals surface area contributed by atoms with Crippen LogP contribution in [0, 0.1) is 5.92 Å². The summed E-state index contributed by atoms with van der Waals surface area (Å²) in [4.78, 5) is 23.0. The van der Waals surface area contributed by atoms with Crippen LogP contribution in [0.25, 0.3) is 0 Å². The minimum absolute atomic E-state index is 0.214. The number of benzene rings is 1. The minimum atomic E-state index is -1.06. The Labute approximate surface area is 106 Å². The maximum Gasteiger partial charge on any atom is 0.251 e. The van der Waals surface area contributed by atoms with Crippen LogP contribution in [0.1, 0.15) is 36.0 Å². The van der Waals surface area contributed by atoms with Crippen molar-refractivity contribution in [2.45, 2.75) is 31.7 Å². The molecule has 2 atom stereocenters. The van der Waals surface area contributed by atoms with Crippen molar-refractivity contribution in [1.29, 1.82) is 0 Å². The number of carboxylic acids is 1. The topological polar surface area (TPSA) is 69.2 Å². The van der Waals surface area contributed by atoms with Crippen LogP contribution in [0.3, 0.4) is 0 Å². The summed E-state index contributed by atoms with van der Waals surface area (Å²) in [6.07, 6.45) is 3.12. The minimum Gasteiger partial charge on any atom is -0.550 e. The van der Waals surface area contributed by atoms with Crippen molar-refractivity contribution in [3.63, 3.8) is 0 Å². The largest absolute Gasteiger partial charge is 0.550 e. The summed E-state index contributed by atoms with van der Waals surface area (Å²) in [6.45, 7) is 0. The van der Waals surface area contributed by atoms with Gasteiger partial charge in [-0.05, 0) is 25.0 Å². The first-order valence-electron chi connectivity index (χ1n) is 6.25. The van der Waals surface area contributed by atoms with E-state index >= 15 is 0 Å². The number of hydrogen-bond donors (Lipinski definition) is 1. The monoisotopic (exact) mass is 246 g/mol. The van der Waals surface area contributed by atoms with Gasteiger partial charge in [-0.1, -0.05) is 31.0 Å². The van der Waals surface area contributed by atoms with E-state index in [4.69, 9.17) is 0 Å². The molecule has 0 aliphatic heterocycles. The van der Waals surface area contributed by atoms with Crippen LogP contribution in [0.15, 0.2) is 30.3 Å². The van der Waals surface area contributed by atoms with Gasteiger partial charge in [-0.3, -0.25) is 4.79 Å². The quantitative estimate of drug-likeness (QED) is 0.854. The van der Waals surface area contributed by atoms with Crippen molar-refractivity contribution in [2.24, 2.45) is 5.92 Å². The zero-order chi connectivity index (χ0) is 13.0. The molecule has 0 bridgehead atoms. The fraction of sp³-hybridized carbons (Fsp3) is 0.429. The molecule has 0 heterocycles. The Balaban J connectivity index is 2.03. The average molecular weight is 246 g/mol. The molecule has 4 nitrogen and oxygen atoms in total. The van der Waals surface area contributed by atoms with Crippen LogP contribution >= 0.6 is 0 Å². The highest BCUT2D eigenvalue weighted by Gasteiger charge is 2.27. The third-order valence-electron chi connectivity index (χ3n) is 3.42. The van der Waals surface area contributed by atoms with Crippen molar-refractivity contribution in [3.8, 4) is 0 Å². The van der Waals surface area contributed by atoms with E-state index in [9.17, 15) is 14.7 Å². The third-order valence-corrected chi connectivity index (χ3v) is 3.42. The van der Waals surface area contributed by atoms with Gasteiger partial charge in [-0.25, -0.2) is 0 Å². The van der Waals surface area contributed by atoms with Gasteiger partial charge in [0.2, 0.25) is 0 Å². The van der Waals surface area contributed by atoms with Crippen molar-refractivity contribution in [3.05, 3.63) is 35.9 Å². The summed E-state index contributed by atoms with van der Waals surface area (Å²) in [5.41, 5.74) is 0.556. The molecular formula is C14H16NO3-. The van der Waals surface area contributed by atoms with Gasteiger partial charge in [0.25, 0.3) is 5.91 Å². The Morgan fingerprint density at radius 3 is 2.44 bits per heavy atom. The molecule has 0 radical (unpaired) electrons. The van der Waals surface area contributed by atoms with E-state index < -0.39 is 11.9 Å². The predicted molar refractivity (Wildman–Crippen MR) is 64.7 cm³/mol. The summed E-state index contributed by atoms with van der Waals surface area (Å²) in [7, 11) is 0. The van der Waals surface area contributed by atoms with E-state index in [1.807, 2.05) is 6.07 Å². The van der Waals surface area contributed by atoms with Gasteiger partial charge in [0.15, 0.2) is 0 Å². The first-order chi connectivity index (χ1) is 8.68. The van der Waals surface area contributed by atoms with E-state index in [1.165, 1.54) is 0 Å². The Morgan fingerprint density at radius 2 is 1.78 bits per heavy atom. The second-order valence-corrected chi connectivity index (χ2v) is 4.66. The molecule has 18 heavy (non-hydrogen) atoms. The zero-order valence-electron chi connectivity index (χ0n) is 10.1. The molecular weight excluding hydrogens is 230 g/mol. The molecule has 96 valence electrons. The van der Waals surface area contributed by atoms with Gasteiger partial charge in [0.05, 0.1) is 0 Å². The van der Waals surface area contributed by atoms with E-state index in [1.54, 1.807) is 24.3 Å². The van der Waals surface area contributed by atoms with Gasteiger partial charge in [-0.2, -0.15) is 0 Å². The summed E-state index contributed by atoms with van der Waals surface area (Å²) in [5.74, 6) is -1.84. The Bertz CT molecular complexity index is 430. The molecule has 1 saturated carbocycles.